The van der Waals surface area contributed by atoms with Gasteiger partial charge in [0.1, 0.15) is 11.5 Å². The monoisotopic (exact) mass is 344 g/mol. The third kappa shape index (κ3) is 4.57. The van der Waals surface area contributed by atoms with Gasteiger partial charge in [0.05, 0.1) is 25.2 Å². The lowest BCUT2D eigenvalue weighted by Gasteiger charge is -2.09. The third-order valence-electron chi connectivity index (χ3n) is 3.14. The van der Waals surface area contributed by atoms with Crippen molar-refractivity contribution in [1.29, 1.82) is 5.41 Å². The lowest BCUT2D eigenvalue weighted by atomic mass is 10.1. The Hall–Kier alpha value is -2.86. The zero-order valence-corrected chi connectivity index (χ0v) is 14.0. The summed E-state index contributed by atoms with van der Waals surface area (Å²) in [6.45, 7) is 0. The summed E-state index contributed by atoms with van der Waals surface area (Å²) in [6.07, 6.45) is 4.45. The zero-order chi connectivity index (χ0) is 17.5. The van der Waals surface area contributed by atoms with Gasteiger partial charge in [0.25, 0.3) is 5.91 Å². The number of aromatic nitrogens is 1. The molecule has 1 aromatic heterocycles. The minimum absolute atomic E-state index is 0.206. The summed E-state index contributed by atoms with van der Waals surface area (Å²) in [5.41, 5.74) is 1.64. The van der Waals surface area contributed by atoms with Gasteiger partial charge in [-0.15, -0.1) is 0 Å². The topological polar surface area (TPSA) is 87.1 Å². The number of anilines is 1. The summed E-state index contributed by atoms with van der Waals surface area (Å²) < 4.78 is 5.05. The molecule has 3 N–H and O–H groups in total. The highest BCUT2D eigenvalue weighted by Crippen LogP contribution is 2.17. The minimum Gasteiger partial charge on any atom is -0.495 e. The number of hydrogen-bond acceptors (Lipinski definition) is 5. The normalized spacial score (nSPS) is 10.9. The van der Waals surface area contributed by atoms with E-state index in [2.05, 4.69) is 15.6 Å². The van der Waals surface area contributed by atoms with E-state index < -0.39 is 5.91 Å². The number of pyridine rings is 1. The van der Waals surface area contributed by atoms with E-state index in [1.807, 2.05) is 6.07 Å². The molecule has 0 bridgehead atoms. The van der Waals surface area contributed by atoms with E-state index in [9.17, 15) is 4.79 Å². The van der Waals surface area contributed by atoms with Crippen molar-refractivity contribution in [3.63, 3.8) is 0 Å². The van der Waals surface area contributed by atoms with Crippen molar-refractivity contribution in [3.05, 3.63) is 59.4 Å². The van der Waals surface area contributed by atoms with Gasteiger partial charge in [0, 0.05) is 23.8 Å². The van der Waals surface area contributed by atoms with E-state index in [-0.39, 0.29) is 5.71 Å². The van der Waals surface area contributed by atoms with Gasteiger partial charge in [-0.05, 0) is 23.8 Å². The number of methoxy groups -OCH3 is 1. The van der Waals surface area contributed by atoms with E-state index in [0.29, 0.717) is 22.2 Å². The van der Waals surface area contributed by atoms with Crippen molar-refractivity contribution >= 4 is 34.6 Å². The maximum atomic E-state index is 12.2. The molecule has 24 heavy (non-hydrogen) atoms. The molecule has 0 atom stereocenters. The molecule has 1 heterocycles. The van der Waals surface area contributed by atoms with Gasteiger partial charge in [0.2, 0.25) is 0 Å². The number of benzene rings is 1. The van der Waals surface area contributed by atoms with E-state index >= 15 is 0 Å². The Balaban J connectivity index is 2.15. The van der Waals surface area contributed by atoms with Gasteiger partial charge in [-0.1, -0.05) is 23.7 Å². The molecule has 0 radical (unpaired) electrons. The molecule has 0 saturated heterocycles. The summed E-state index contributed by atoms with van der Waals surface area (Å²) in [5, 5.41) is 14.1. The molecule has 1 amide bonds. The molecule has 0 fully saturated rings. The fraction of sp³-hybridized carbons (Fsp3) is 0.118. The number of ether oxygens (including phenoxy) is 1. The predicted molar refractivity (Wildman–Crippen MR) is 95.6 cm³/mol. The standard InChI is InChI=1S/C17H17ClN4O2/c1-20-16(11-4-3-5-12(18)6-11)8-15(19)17(23)22-13-7-14(24-2)10-21-9-13/h3-10,19-20H,1-2H3,(H,22,23)/b16-8-,19-15?. The molecule has 6 nitrogen and oxygen atoms in total. The number of carbonyl (C=O) groups is 1. The van der Waals surface area contributed by atoms with E-state index in [1.165, 1.54) is 25.6 Å². The van der Waals surface area contributed by atoms with Crippen LogP contribution in [0.4, 0.5) is 5.69 Å². The van der Waals surface area contributed by atoms with Gasteiger partial charge in [-0.3, -0.25) is 15.2 Å². The number of nitrogens with zero attached hydrogens (tertiary/aromatic N) is 1. The lowest BCUT2D eigenvalue weighted by molar-refractivity contribution is -0.110. The largest absolute Gasteiger partial charge is 0.495 e. The van der Waals surface area contributed by atoms with Crippen LogP contribution in [0.25, 0.3) is 5.70 Å². The van der Waals surface area contributed by atoms with Gasteiger partial charge < -0.3 is 15.4 Å². The van der Waals surface area contributed by atoms with E-state index in [0.717, 1.165) is 5.56 Å². The molecule has 2 rings (SSSR count). The summed E-state index contributed by atoms with van der Waals surface area (Å²) in [6, 6.07) is 8.77. The Kier molecular flexibility index (Phi) is 5.92. The fourth-order valence-electron chi connectivity index (χ4n) is 1.96. The fourth-order valence-corrected chi connectivity index (χ4v) is 2.15. The number of hydrogen-bond donors (Lipinski definition) is 3. The van der Waals surface area contributed by atoms with Crippen molar-refractivity contribution in [1.82, 2.24) is 10.3 Å². The highest BCUT2D eigenvalue weighted by atomic mass is 35.5. The molecular weight excluding hydrogens is 328 g/mol. The summed E-state index contributed by atoms with van der Waals surface area (Å²) in [4.78, 5) is 16.1. The molecule has 2 aromatic rings. The predicted octanol–water partition coefficient (Wildman–Crippen LogP) is 2.96. The first-order valence-corrected chi connectivity index (χ1v) is 7.45. The number of nitrogens with one attached hydrogen (secondary N) is 3. The number of halogens is 1. The van der Waals surface area contributed by atoms with Crippen LogP contribution in [0.3, 0.4) is 0 Å². The van der Waals surface area contributed by atoms with Crippen molar-refractivity contribution in [2.24, 2.45) is 0 Å². The van der Waals surface area contributed by atoms with E-state index in [1.54, 1.807) is 31.3 Å². The summed E-state index contributed by atoms with van der Waals surface area (Å²) >= 11 is 5.97. The molecule has 124 valence electrons. The highest BCUT2D eigenvalue weighted by Gasteiger charge is 2.10. The third-order valence-corrected chi connectivity index (χ3v) is 3.38. The molecule has 1 aromatic carbocycles. The molecule has 0 aliphatic heterocycles. The van der Waals surface area contributed by atoms with E-state index in [4.69, 9.17) is 21.7 Å². The van der Waals surface area contributed by atoms with Crippen LogP contribution in [0.15, 0.2) is 48.8 Å². The van der Waals surface area contributed by atoms with Crippen LogP contribution in [0.1, 0.15) is 5.56 Å². The second kappa shape index (κ2) is 8.12. The Morgan fingerprint density at radius 3 is 2.79 bits per heavy atom. The van der Waals surface area contributed by atoms with Crippen LogP contribution in [-0.2, 0) is 4.79 Å². The number of amides is 1. The quantitative estimate of drug-likeness (QED) is 0.703. The first kappa shape index (κ1) is 17.5. The highest BCUT2D eigenvalue weighted by molar-refractivity contribution is 6.46. The molecule has 0 unspecified atom stereocenters. The zero-order valence-electron chi connectivity index (χ0n) is 13.3. The average Bonchev–Trinajstić information content (AvgIpc) is 2.59. The van der Waals surface area contributed by atoms with Crippen LogP contribution in [-0.4, -0.2) is 30.8 Å². The van der Waals surface area contributed by atoms with Crippen molar-refractivity contribution in [2.45, 2.75) is 0 Å². The van der Waals surface area contributed by atoms with Crippen LogP contribution < -0.4 is 15.4 Å². The SMILES string of the molecule is CN/C(=C\C(=N)C(=O)Nc1cncc(OC)c1)c1cccc(Cl)c1. The molecule has 0 spiro atoms. The smallest absolute Gasteiger partial charge is 0.273 e. The molecular formula is C17H17ClN4O2. The lowest BCUT2D eigenvalue weighted by Crippen LogP contribution is -2.22. The average molecular weight is 345 g/mol. The maximum Gasteiger partial charge on any atom is 0.273 e. The Labute approximate surface area is 145 Å². The number of rotatable bonds is 6. The van der Waals surface area contributed by atoms with Gasteiger partial charge >= 0.3 is 0 Å². The van der Waals surface area contributed by atoms with Crippen molar-refractivity contribution in [2.75, 3.05) is 19.5 Å². The Morgan fingerprint density at radius 2 is 2.12 bits per heavy atom. The molecule has 0 aliphatic carbocycles. The first-order chi connectivity index (χ1) is 11.5. The first-order valence-electron chi connectivity index (χ1n) is 7.08. The van der Waals surface area contributed by atoms with Gasteiger partial charge in [-0.25, -0.2) is 0 Å². The van der Waals surface area contributed by atoms with Crippen molar-refractivity contribution < 1.29 is 9.53 Å². The molecule has 0 aliphatic rings. The van der Waals surface area contributed by atoms with Crippen LogP contribution in [0, 0.1) is 5.41 Å². The van der Waals surface area contributed by atoms with Gasteiger partial charge in [0.15, 0.2) is 0 Å². The maximum absolute atomic E-state index is 12.2. The second-order valence-corrected chi connectivity index (χ2v) is 5.24. The second-order valence-electron chi connectivity index (χ2n) is 4.80. The summed E-state index contributed by atoms with van der Waals surface area (Å²) in [7, 11) is 3.22. The Morgan fingerprint density at radius 1 is 1.33 bits per heavy atom. The Bertz CT molecular complexity index is 790. The summed E-state index contributed by atoms with van der Waals surface area (Å²) in [5.74, 6) is -0.0375. The van der Waals surface area contributed by atoms with Crippen LogP contribution in [0.2, 0.25) is 5.02 Å². The van der Waals surface area contributed by atoms with Crippen LogP contribution >= 0.6 is 11.6 Å². The number of carbonyl (C=O) groups excluding carboxylic acids is 1. The van der Waals surface area contributed by atoms with Crippen LogP contribution in [0.5, 0.6) is 5.75 Å². The molecule has 7 heteroatoms. The molecule has 0 saturated carbocycles. The van der Waals surface area contributed by atoms with Crippen molar-refractivity contribution in [3.8, 4) is 5.75 Å². The minimum atomic E-state index is -0.556. The van der Waals surface area contributed by atoms with Gasteiger partial charge in [-0.2, -0.15) is 0 Å².